The van der Waals surface area contributed by atoms with Gasteiger partial charge in [0.2, 0.25) is 5.65 Å². The second-order valence-electron chi connectivity index (χ2n) is 6.12. The number of nitro groups is 1. The lowest BCUT2D eigenvalue weighted by Gasteiger charge is -2.35. The number of piperazine rings is 1. The first kappa shape index (κ1) is 17.2. The van der Waals surface area contributed by atoms with Crippen LogP contribution in [0.4, 0.5) is 11.6 Å². The van der Waals surface area contributed by atoms with Crippen LogP contribution in [0.1, 0.15) is 10.4 Å². The fourth-order valence-electron chi connectivity index (χ4n) is 3.09. The summed E-state index contributed by atoms with van der Waals surface area (Å²) in [6, 6.07) is 10.4. The molecule has 9 nitrogen and oxygen atoms in total. The number of aromatic nitrogens is 3. The van der Waals surface area contributed by atoms with Gasteiger partial charge in [0.15, 0.2) is 5.82 Å². The highest BCUT2D eigenvalue weighted by molar-refractivity contribution is 6.30. The number of carbonyl (C=O) groups excluding carboxylic acids is 1. The lowest BCUT2D eigenvalue weighted by atomic mass is 10.2. The number of imidazole rings is 1. The molecule has 0 aliphatic carbocycles. The van der Waals surface area contributed by atoms with E-state index < -0.39 is 4.92 Å². The van der Waals surface area contributed by atoms with Gasteiger partial charge in [-0.3, -0.25) is 4.79 Å². The van der Waals surface area contributed by atoms with Crippen LogP contribution in [-0.2, 0) is 0 Å². The smallest absolute Gasteiger partial charge is 0.358 e. The molecule has 0 bridgehead atoms. The van der Waals surface area contributed by atoms with Gasteiger partial charge >= 0.3 is 5.82 Å². The van der Waals surface area contributed by atoms with Crippen LogP contribution in [-0.4, -0.2) is 56.5 Å². The molecule has 138 valence electrons. The molecule has 1 aliphatic heterocycles. The van der Waals surface area contributed by atoms with Gasteiger partial charge in [0.25, 0.3) is 5.91 Å². The van der Waals surface area contributed by atoms with Crippen LogP contribution in [0.5, 0.6) is 0 Å². The van der Waals surface area contributed by atoms with Crippen molar-refractivity contribution in [1.82, 2.24) is 19.5 Å². The van der Waals surface area contributed by atoms with Crippen LogP contribution >= 0.6 is 11.6 Å². The van der Waals surface area contributed by atoms with Crippen molar-refractivity contribution in [3.05, 3.63) is 63.3 Å². The van der Waals surface area contributed by atoms with Crippen LogP contribution in [0.15, 0.2) is 42.6 Å². The lowest BCUT2D eigenvalue weighted by molar-refractivity contribution is -0.391. The van der Waals surface area contributed by atoms with E-state index in [0.29, 0.717) is 48.2 Å². The SMILES string of the molecule is O=C(c1cccc(Cl)c1)N1CCN(c2ccc3ncc([N+](=O)[O-])n3n2)CC1. The highest BCUT2D eigenvalue weighted by Gasteiger charge is 2.25. The molecule has 0 unspecified atom stereocenters. The molecule has 1 aliphatic rings. The van der Waals surface area contributed by atoms with Gasteiger partial charge < -0.3 is 19.9 Å². The van der Waals surface area contributed by atoms with E-state index in [4.69, 9.17) is 11.6 Å². The topological polar surface area (TPSA) is 96.9 Å². The summed E-state index contributed by atoms with van der Waals surface area (Å²) in [5, 5.41) is 15.9. The normalized spacial score (nSPS) is 14.6. The van der Waals surface area contributed by atoms with Crippen molar-refractivity contribution in [1.29, 1.82) is 0 Å². The standard InChI is InChI=1S/C17H15ClN6O3/c18-13-3-1-2-12(10-13)17(25)22-8-6-21(7-9-22)15-5-4-14-19-11-16(24(26)27)23(14)20-15/h1-5,10-11H,6-9H2. The second kappa shape index (κ2) is 6.84. The van der Waals surface area contributed by atoms with Gasteiger partial charge in [0, 0.05) is 42.8 Å². The van der Waals surface area contributed by atoms with Gasteiger partial charge in [-0.05, 0) is 29.2 Å². The van der Waals surface area contributed by atoms with Crippen molar-refractivity contribution in [3.63, 3.8) is 0 Å². The summed E-state index contributed by atoms with van der Waals surface area (Å²) in [4.78, 5) is 30.9. The summed E-state index contributed by atoms with van der Waals surface area (Å²) < 4.78 is 1.22. The number of carbonyl (C=O) groups is 1. The number of benzene rings is 1. The maximum Gasteiger partial charge on any atom is 0.368 e. The molecule has 4 rings (SSSR count). The Kier molecular flexibility index (Phi) is 4.36. The Bertz CT molecular complexity index is 1030. The minimum atomic E-state index is -0.515. The first-order valence-corrected chi connectivity index (χ1v) is 8.70. The van der Waals surface area contributed by atoms with Crippen LogP contribution in [0.2, 0.25) is 5.02 Å². The van der Waals surface area contributed by atoms with Gasteiger partial charge in [0.05, 0.1) is 0 Å². The molecule has 1 fully saturated rings. The largest absolute Gasteiger partial charge is 0.368 e. The van der Waals surface area contributed by atoms with Crippen molar-refractivity contribution in [3.8, 4) is 0 Å². The molecule has 0 spiro atoms. The van der Waals surface area contributed by atoms with Crippen LogP contribution in [0.3, 0.4) is 0 Å². The van der Waals surface area contributed by atoms with E-state index in [2.05, 4.69) is 10.1 Å². The molecule has 3 heterocycles. The van der Waals surface area contributed by atoms with E-state index in [1.807, 2.05) is 4.90 Å². The number of anilines is 1. The Morgan fingerprint density at radius 1 is 1.15 bits per heavy atom. The summed E-state index contributed by atoms with van der Waals surface area (Å²) in [6.07, 6.45) is 1.19. The van der Waals surface area contributed by atoms with Crippen molar-refractivity contribution in [2.24, 2.45) is 0 Å². The molecule has 0 saturated carbocycles. The van der Waals surface area contributed by atoms with Gasteiger partial charge in [-0.1, -0.05) is 27.3 Å². The van der Waals surface area contributed by atoms with Crippen molar-refractivity contribution >= 4 is 34.8 Å². The molecule has 3 aromatic rings. The zero-order valence-electron chi connectivity index (χ0n) is 14.2. The maximum atomic E-state index is 12.6. The molecule has 1 saturated heterocycles. The maximum absolute atomic E-state index is 12.6. The van der Waals surface area contributed by atoms with E-state index in [-0.39, 0.29) is 11.7 Å². The third kappa shape index (κ3) is 3.28. The minimum absolute atomic E-state index is 0.0641. The van der Waals surface area contributed by atoms with Crippen LogP contribution < -0.4 is 4.90 Å². The van der Waals surface area contributed by atoms with Gasteiger partial charge in [-0.2, -0.15) is 0 Å². The van der Waals surface area contributed by atoms with E-state index >= 15 is 0 Å². The molecule has 1 aromatic carbocycles. The third-order valence-electron chi connectivity index (χ3n) is 4.48. The van der Waals surface area contributed by atoms with Crippen LogP contribution in [0, 0.1) is 10.1 Å². The molecule has 0 N–H and O–H groups in total. The number of rotatable bonds is 3. The van der Waals surface area contributed by atoms with Crippen molar-refractivity contribution < 1.29 is 9.72 Å². The number of hydrogen-bond acceptors (Lipinski definition) is 6. The van der Waals surface area contributed by atoms with E-state index in [0.717, 1.165) is 0 Å². The molecular formula is C17H15ClN6O3. The lowest BCUT2D eigenvalue weighted by Crippen LogP contribution is -2.49. The van der Waals surface area contributed by atoms with Crippen LogP contribution in [0.25, 0.3) is 5.65 Å². The number of nitrogens with zero attached hydrogens (tertiary/aromatic N) is 6. The number of hydrogen-bond donors (Lipinski definition) is 0. The number of halogens is 1. The van der Waals surface area contributed by atoms with E-state index in [1.54, 1.807) is 41.3 Å². The van der Waals surface area contributed by atoms with Crippen molar-refractivity contribution in [2.45, 2.75) is 0 Å². The average molecular weight is 387 g/mol. The Hall–Kier alpha value is -3.20. The highest BCUT2D eigenvalue weighted by atomic mass is 35.5. The molecule has 2 aromatic heterocycles. The van der Waals surface area contributed by atoms with Gasteiger partial charge in [0.1, 0.15) is 6.20 Å². The molecule has 0 atom stereocenters. The number of fused-ring (bicyclic) bond motifs is 1. The minimum Gasteiger partial charge on any atom is -0.358 e. The highest BCUT2D eigenvalue weighted by Crippen LogP contribution is 2.19. The van der Waals surface area contributed by atoms with Gasteiger partial charge in [-0.15, -0.1) is 0 Å². The predicted molar refractivity (Wildman–Crippen MR) is 99.2 cm³/mol. The zero-order valence-corrected chi connectivity index (χ0v) is 14.9. The summed E-state index contributed by atoms with van der Waals surface area (Å²) in [5.41, 5.74) is 0.977. The van der Waals surface area contributed by atoms with E-state index in [1.165, 1.54) is 10.7 Å². The monoisotopic (exact) mass is 386 g/mol. The van der Waals surface area contributed by atoms with Gasteiger partial charge in [-0.25, -0.2) is 4.98 Å². The Morgan fingerprint density at radius 2 is 1.93 bits per heavy atom. The Morgan fingerprint density at radius 3 is 2.63 bits per heavy atom. The Balaban J connectivity index is 1.49. The molecule has 10 heteroatoms. The predicted octanol–water partition coefficient (Wildman–Crippen LogP) is 2.25. The first-order chi connectivity index (χ1) is 13.0. The average Bonchev–Trinajstić information content (AvgIpc) is 3.11. The first-order valence-electron chi connectivity index (χ1n) is 8.32. The van der Waals surface area contributed by atoms with Crippen molar-refractivity contribution in [2.75, 3.05) is 31.1 Å². The summed E-state index contributed by atoms with van der Waals surface area (Å²) in [5.74, 6) is 0.367. The number of amides is 1. The zero-order chi connectivity index (χ0) is 19.0. The third-order valence-corrected chi connectivity index (χ3v) is 4.71. The summed E-state index contributed by atoms with van der Waals surface area (Å²) in [6.45, 7) is 2.20. The molecule has 0 radical (unpaired) electrons. The molecular weight excluding hydrogens is 372 g/mol. The Labute approximate surface area is 158 Å². The fourth-order valence-corrected chi connectivity index (χ4v) is 3.28. The summed E-state index contributed by atoms with van der Waals surface area (Å²) >= 11 is 5.96. The molecule has 27 heavy (non-hydrogen) atoms. The second-order valence-corrected chi connectivity index (χ2v) is 6.56. The molecule has 1 amide bonds. The summed E-state index contributed by atoms with van der Waals surface area (Å²) in [7, 11) is 0. The fraction of sp³-hybridized carbons (Fsp3) is 0.235. The van der Waals surface area contributed by atoms with E-state index in [9.17, 15) is 14.9 Å². The quantitative estimate of drug-likeness (QED) is 0.506.